The molecule has 0 aliphatic carbocycles. The predicted molar refractivity (Wildman–Crippen MR) is 72.2 cm³/mol. The smallest absolute Gasteiger partial charge is 0.305 e. The number of rotatable bonds is 4. The molecule has 0 aliphatic heterocycles. The van der Waals surface area contributed by atoms with E-state index in [2.05, 4.69) is 33.9 Å². The summed E-state index contributed by atoms with van der Waals surface area (Å²) in [4.78, 5) is 11.4. The molecule has 0 spiro atoms. The third-order valence-electron chi connectivity index (χ3n) is 3.56. The van der Waals surface area contributed by atoms with E-state index in [0.717, 1.165) is 0 Å². The van der Waals surface area contributed by atoms with Crippen LogP contribution >= 0.6 is 0 Å². The van der Waals surface area contributed by atoms with Gasteiger partial charge in [0.1, 0.15) is 13.8 Å². The molecule has 0 fully saturated rings. The van der Waals surface area contributed by atoms with Crippen LogP contribution in [0.15, 0.2) is 12.2 Å². The summed E-state index contributed by atoms with van der Waals surface area (Å²) in [7, 11) is -1.66. The average molecular weight is 242 g/mol. The van der Waals surface area contributed by atoms with E-state index in [1.807, 2.05) is 26.0 Å². The number of esters is 1. The molecule has 0 amide bonds. The van der Waals surface area contributed by atoms with Gasteiger partial charge in [-0.15, -0.1) is 0 Å². The summed E-state index contributed by atoms with van der Waals surface area (Å²) in [6.07, 6.45) is 4.46. The van der Waals surface area contributed by atoms with Crippen LogP contribution in [0.3, 0.4) is 0 Å². The number of hydrogen-bond acceptors (Lipinski definition) is 2. The quantitative estimate of drug-likeness (QED) is 0.424. The van der Waals surface area contributed by atoms with Crippen LogP contribution in [-0.2, 0) is 9.53 Å². The molecule has 3 heteroatoms. The van der Waals surface area contributed by atoms with E-state index in [4.69, 9.17) is 4.74 Å². The Bertz CT molecular complexity index is 262. The predicted octanol–water partition coefficient (Wildman–Crippen LogP) is 3.93. The molecule has 0 aliphatic rings. The maximum absolute atomic E-state index is 11.4. The van der Waals surface area contributed by atoms with Crippen LogP contribution in [0.4, 0.5) is 0 Å². The summed E-state index contributed by atoms with van der Waals surface area (Å²) >= 11 is 0. The summed E-state index contributed by atoms with van der Waals surface area (Å²) in [5, 5.41) is 0.213. The minimum absolute atomic E-state index is 0.0232. The summed E-state index contributed by atoms with van der Waals surface area (Å²) in [6.45, 7) is 15.1. The van der Waals surface area contributed by atoms with Crippen LogP contribution in [-0.4, -0.2) is 19.8 Å². The zero-order valence-corrected chi connectivity index (χ0v) is 12.8. The Hall–Kier alpha value is -0.573. The van der Waals surface area contributed by atoms with E-state index in [9.17, 15) is 4.79 Å². The van der Waals surface area contributed by atoms with Gasteiger partial charge in [-0.3, -0.25) is 4.79 Å². The third-order valence-corrected chi connectivity index (χ3v) is 9.16. The maximum Gasteiger partial charge on any atom is 0.305 e. The fourth-order valence-electron chi connectivity index (χ4n) is 1.25. The van der Waals surface area contributed by atoms with Gasteiger partial charge in [-0.25, -0.2) is 0 Å². The first-order valence-electron chi connectivity index (χ1n) is 5.99. The number of carbonyl (C=O) groups excluding carboxylic acids is 1. The van der Waals surface area contributed by atoms with Crippen LogP contribution in [0.2, 0.25) is 18.1 Å². The SMILES string of the molecule is C/C=C/[C@@H](OC(=O)CC)[Si](C)(C)C(C)(C)C. The second kappa shape index (κ2) is 5.67. The Labute approximate surface area is 101 Å². The fraction of sp³-hybridized carbons (Fsp3) is 0.769. The van der Waals surface area contributed by atoms with Crippen molar-refractivity contribution in [1.29, 1.82) is 0 Å². The highest BCUT2D eigenvalue weighted by atomic mass is 28.3. The van der Waals surface area contributed by atoms with Gasteiger partial charge in [-0.1, -0.05) is 52.9 Å². The van der Waals surface area contributed by atoms with Crippen LogP contribution in [0, 0.1) is 0 Å². The Balaban J connectivity index is 4.98. The Morgan fingerprint density at radius 3 is 2.19 bits per heavy atom. The third kappa shape index (κ3) is 3.78. The lowest BCUT2D eigenvalue weighted by Gasteiger charge is -2.41. The second-order valence-electron chi connectivity index (χ2n) is 5.76. The van der Waals surface area contributed by atoms with Gasteiger partial charge in [-0.2, -0.15) is 0 Å². The zero-order valence-electron chi connectivity index (χ0n) is 11.8. The molecule has 0 aromatic heterocycles. The van der Waals surface area contributed by atoms with Gasteiger partial charge in [0.15, 0.2) is 0 Å². The van der Waals surface area contributed by atoms with Gasteiger partial charge in [-0.05, 0) is 12.0 Å². The maximum atomic E-state index is 11.4. The Morgan fingerprint density at radius 2 is 1.88 bits per heavy atom. The van der Waals surface area contributed by atoms with Crippen LogP contribution in [0.1, 0.15) is 41.0 Å². The molecule has 0 rings (SSSR count). The molecule has 1 atom stereocenters. The molecule has 94 valence electrons. The number of carbonyl (C=O) groups is 1. The average Bonchev–Trinajstić information content (AvgIpc) is 2.15. The van der Waals surface area contributed by atoms with Crippen LogP contribution in [0.5, 0.6) is 0 Å². The standard InChI is InChI=1S/C13H26O2Si/c1-8-10-12(15-11(14)9-2)16(6,7)13(3,4)5/h8,10,12H,9H2,1-7H3/b10-8+/t12-/m0/s1. The van der Waals surface area contributed by atoms with Crippen LogP contribution in [0.25, 0.3) is 0 Å². The summed E-state index contributed by atoms with van der Waals surface area (Å²) in [6, 6.07) is 0. The van der Waals surface area contributed by atoms with Crippen molar-refractivity contribution in [3.8, 4) is 0 Å². The molecule has 2 nitrogen and oxygen atoms in total. The summed E-state index contributed by atoms with van der Waals surface area (Å²) in [5.41, 5.74) is -0.0232. The lowest BCUT2D eigenvalue weighted by molar-refractivity contribution is -0.144. The Morgan fingerprint density at radius 1 is 1.38 bits per heavy atom. The van der Waals surface area contributed by atoms with Crippen molar-refractivity contribution >= 4 is 14.0 Å². The number of ether oxygens (including phenoxy) is 1. The second-order valence-corrected chi connectivity index (χ2v) is 11.3. The highest BCUT2D eigenvalue weighted by Crippen LogP contribution is 2.39. The number of allylic oxidation sites excluding steroid dienone is 1. The van der Waals surface area contributed by atoms with Crippen molar-refractivity contribution in [3.05, 3.63) is 12.2 Å². The molecule has 0 aromatic carbocycles. The minimum Gasteiger partial charge on any atom is -0.462 e. The van der Waals surface area contributed by atoms with E-state index in [1.54, 1.807) is 0 Å². The molecule has 0 saturated carbocycles. The van der Waals surface area contributed by atoms with Crippen molar-refractivity contribution < 1.29 is 9.53 Å². The van der Waals surface area contributed by atoms with Gasteiger partial charge in [0.05, 0.1) is 0 Å². The minimum atomic E-state index is -1.66. The molecule has 0 saturated heterocycles. The van der Waals surface area contributed by atoms with E-state index >= 15 is 0 Å². The molecular weight excluding hydrogens is 216 g/mol. The van der Waals surface area contributed by atoms with E-state index < -0.39 is 8.07 Å². The largest absolute Gasteiger partial charge is 0.462 e. The first-order chi connectivity index (χ1) is 7.16. The first kappa shape index (κ1) is 15.4. The fourth-order valence-corrected chi connectivity index (χ4v) is 3.21. The van der Waals surface area contributed by atoms with Gasteiger partial charge >= 0.3 is 5.97 Å². The molecule has 0 aromatic rings. The lowest BCUT2D eigenvalue weighted by Crippen LogP contribution is -2.50. The molecule has 0 heterocycles. The monoisotopic (exact) mass is 242 g/mol. The van der Waals surface area contributed by atoms with Gasteiger partial charge in [0, 0.05) is 6.42 Å². The van der Waals surface area contributed by atoms with Gasteiger partial charge in [0.25, 0.3) is 0 Å². The van der Waals surface area contributed by atoms with Gasteiger partial charge < -0.3 is 4.74 Å². The molecule has 16 heavy (non-hydrogen) atoms. The molecule has 0 unspecified atom stereocenters. The normalized spacial score (nSPS) is 15.2. The van der Waals surface area contributed by atoms with Crippen molar-refractivity contribution in [1.82, 2.24) is 0 Å². The van der Waals surface area contributed by atoms with Gasteiger partial charge in [0.2, 0.25) is 0 Å². The molecule has 0 radical (unpaired) electrons. The first-order valence-corrected chi connectivity index (χ1v) is 9.06. The van der Waals surface area contributed by atoms with Crippen LogP contribution < -0.4 is 0 Å². The Kier molecular flexibility index (Phi) is 5.46. The topological polar surface area (TPSA) is 26.3 Å². The number of hydrogen-bond donors (Lipinski definition) is 0. The van der Waals surface area contributed by atoms with Crippen molar-refractivity contribution in [3.63, 3.8) is 0 Å². The highest BCUT2D eigenvalue weighted by Gasteiger charge is 2.43. The van der Waals surface area contributed by atoms with E-state index in [1.165, 1.54) is 0 Å². The molecular formula is C13H26O2Si. The molecule has 0 bridgehead atoms. The summed E-state index contributed by atoms with van der Waals surface area (Å²) in [5.74, 6) is -0.104. The molecule has 0 N–H and O–H groups in total. The van der Waals surface area contributed by atoms with E-state index in [0.29, 0.717) is 6.42 Å². The zero-order chi connectivity index (χ0) is 13.0. The van der Waals surface area contributed by atoms with E-state index in [-0.39, 0.29) is 16.7 Å². The van der Waals surface area contributed by atoms with Crippen molar-refractivity contribution in [2.45, 2.75) is 64.9 Å². The van der Waals surface area contributed by atoms with Crippen molar-refractivity contribution in [2.75, 3.05) is 0 Å². The lowest BCUT2D eigenvalue weighted by atomic mass is 10.2. The highest BCUT2D eigenvalue weighted by molar-refractivity contribution is 6.81. The summed E-state index contributed by atoms with van der Waals surface area (Å²) < 4.78 is 5.57. The van der Waals surface area contributed by atoms with Crippen molar-refractivity contribution in [2.24, 2.45) is 0 Å².